The topological polar surface area (TPSA) is 179 Å². The summed E-state index contributed by atoms with van der Waals surface area (Å²) in [6.45, 7) is 8.79. The number of hydrogen-bond donors (Lipinski definition) is 4. The smallest absolute Gasteiger partial charge is 0.330 e. The molecule has 0 bridgehead atoms. The summed E-state index contributed by atoms with van der Waals surface area (Å²) in [5.41, 5.74) is 11.2. The molecule has 0 aromatic rings. The Morgan fingerprint density at radius 3 is 1.10 bits per heavy atom. The average molecular weight is 354 g/mol. The third kappa shape index (κ3) is 19.7. The second-order valence-electron chi connectivity index (χ2n) is 5.00. The first-order valence-electron chi connectivity index (χ1n) is 5.48. The minimum atomic E-state index is -4.16. The first kappa shape index (κ1) is 25.6. The van der Waals surface area contributed by atoms with Crippen LogP contribution in [0.4, 0.5) is 0 Å². The summed E-state index contributed by atoms with van der Waals surface area (Å²) >= 11 is 0. The van der Waals surface area contributed by atoms with Crippen LogP contribution in [0.2, 0.25) is 0 Å². The minimum Gasteiger partial charge on any atom is -0.330 e. The Morgan fingerprint density at radius 2 is 1.10 bits per heavy atom. The van der Waals surface area contributed by atoms with Gasteiger partial charge in [0.1, 0.15) is 0 Å². The molecule has 0 aliphatic rings. The van der Waals surface area contributed by atoms with Gasteiger partial charge in [-0.05, 0) is 25.8 Å². The quantitative estimate of drug-likeness (QED) is 0.484. The van der Waals surface area contributed by atoms with Crippen LogP contribution in [0, 0.1) is 5.41 Å². The summed E-state index contributed by atoms with van der Waals surface area (Å²) in [5.74, 6) is 0. The fraction of sp³-hybridized carbons (Fsp3) is 1.00. The van der Waals surface area contributed by atoms with Crippen LogP contribution in [0.3, 0.4) is 0 Å². The highest BCUT2D eigenvalue weighted by Gasteiger charge is 2.31. The van der Waals surface area contributed by atoms with Gasteiger partial charge in [0.2, 0.25) is 0 Å². The van der Waals surface area contributed by atoms with Crippen molar-refractivity contribution in [2.45, 2.75) is 33.2 Å². The second kappa shape index (κ2) is 9.63. The SMILES string of the molecule is CC(C)(N)C(C)(C)CN.COS(=O)(=O)O.COS(=O)(=O)O. The van der Waals surface area contributed by atoms with E-state index in [1.807, 2.05) is 13.8 Å². The van der Waals surface area contributed by atoms with E-state index in [9.17, 15) is 16.8 Å². The normalized spacial score (nSPS) is 12.7. The van der Waals surface area contributed by atoms with Gasteiger partial charge in [-0.3, -0.25) is 17.5 Å². The zero-order chi connectivity index (χ0) is 18.1. The van der Waals surface area contributed by atoms with Crippen LogP contribution in [-0.2, 0) is 29.2 Å². The van der Waals surface area contributed by atoms with Crippen molar-refractivity contribution in [1.29, 1.82) is 0 Å². The van der Waals surface area contributed by atoms with Crippen LogP contribution in [-0.4, -0.2) is 52.2 Å². The van der Waals surface area contributed by atoms with E-state index in [1.54, 1.807) is 0 Å². The van der Waals surface area contributed by atoms with Crippen molar-refractivity contribution in [3.8, 4) is 0 Å². The summed E-state index contributed by atoms with van der Waals surface area (Å²) in [7, 11) is -6.58. The number of hydrogen-bond acceptors (Lipinski definition) is 8. The molecule has 0 aliphatic carbocycles. The zero-order valence-electron chi connectivity index (χ0n) is 13.0. The Labute approximate surface area is 126 Å². The largest absolute Gasteiger partial charge is 0.397 e. The molecule has 0 saturated carbocycles. The van der Waals surface area contributed by atoms with E-state index in [2.05, 4.69) is 22.2 Å². The lowest BCUT2D eigenvalue weighted by Gasteiger charge is -2.37. The Kier molecular flexibility index (Phi) is 11.7. The maximum absolute atomic E-state index is 9.33. The van der Waals surface area contributed by atoms with Crippen molar-refractivity contribution in [2.75, 3.05) is 20.8 Å². The lowest BCUT2D eigenvalue weighted by molar-refractivity contribution is 0.212. The van der Waals surface area contributed by atoms with Crippen LogP contribution in [0.25, 0.3) is 0 Å². The molecule has 6 N–H and O–H groups in total. The zero-order valence-corrected chi connectivity index (χ0v) is 14.7. The fourth-order valence-electron chi connectivity index (χ4n) is 0.263. The summed E-state index contributed by atoms with van der Waals surface area (Å²) in [5, 5.41) is 0. The highest BCUT2D eigenvalue weighted by Crippen LogP contribution is 2.25. The molecule has 0 aliphatic heterocycles. The van der Waals surface area contributed by atoms with Gasteiger partial charge in [-0.1, -0.05) is 13.8 Å². The van der Waals surface area contributed by atoms with Crippen molar-refractivity contribution in [3.05, 3.63) is 0 Å². The molecular weight excluding hydrogens is 328 g/mol. The van der Waals surface area contributed by atoms with E-state index in [0.717, 1.165) is 14.2 Å². The Hall–Kier alpha value is -0.340. The molecule has 0 atom stereocenters. The Balaban J connectivity index is -0.000000240. The maximum Gasteiger partial charge on any atom is 0.397 e. The monoisotopic (exact) mass is 354 g/mol. The Morgan fingerprint density at radius 1 is 0.905 bits per heavy atom. The first-order valence-corrected chi connectivity index (χ1v) is 8.21. The van der Waals surface area contributed by atoms with E-state index >= 15 is 0 Å². The molecular formula is C9H26N2O8S2. The van der Waals surface area contributed by atoms with Gasteiger partial charge in [0.05, 0.1) is 14.2 Å². The highest BCUT2D eigenvalue weighted by atomic mass is 32.3. The van der Waals surface area contributed by atoms with Crippen LogP contribution in [0.15, 0.2) is 0 Å². The molecule has 0 saturated heterocycles. The molecule has 0 aromatic carbocycles. The van der Waals surface area contributed by atoms with Gasteiger partial charge in [-0.25, -0.2) is 0 Å². The fourth-order valence-corrected chi connectivity index (χ4v) is 0.263. The highest BCUT2D eigenvalue weighted by molar-refractivity contribution is 7.81. The third-order valence-corrected chi connectivity index (χ3v) is 3.52. The van der Waals surface area contributed by atoms with Gasteiger partial charge in [-0.2, -0.15) is 16.8 Å². The van der Waals surface area contributed by atoms with Crippen molar-refractivity contribution in [1.82, 2.24) is 0 Å². The lowest BCUT2D eigenvalue weighted by Crippen LogP contribution is -2.51. The number of rotatable bonds is 4. The molecule has 0 heterocycles. The molecule has 132 valence electrons. The number of nitrogens with two attached hydrogens (primary N) is 2. The van der Waals surface area contributed by atoms with Crippen molar-refractivity contribution < 1.29 is 34.3 Å². The molecule has 0 rings (SSSR count). The van der Waals surface area contributed by atoms with Crippen LogP contribution < -0.4 is 11.5 Å². The standard InChI is InChI=1S/C7H18N2.2CH4O4S/c1-6(2,5-8)7(3,4)9;2*1-5-6(2,3)4/h5,8-9H2,1-4H3;2*1H3,(H,2,3,4). The summed E-state index contributed by atoms with van der Waals surface area (Å²) in [6, 6.07) is 0. The second-order valence-corrected chi connectivity index (χ2v) is 7.38. The molecule has 0 unspecified atom stereocenters. The molecule has 0 aromatic heterocycles. The lowest BCUT2D eigenvalue weighted by atomic mass is 9.75. The molecule has 0 amide bonds. The van der Waals surface area contributed by atoms with Gasteiger partial charge in [-0.15, -0.1) is 0 Å². The van der Waals surface area contributed by atoms with E-state index in [1.165, 1.54) is 0 Å². The molecule has 0 fully saturated rings. The third-order valence-electron chi connectivity index (χ3n) is 2.68. The van der Waals surface area contributed by atoms with Gasteiger partial charge in [0, 0.05) is 5.54 Å². The predicted octanol–water partition coefficient (Wildman–Crippen LogP) is -0.420. The Bertz CT molecular complexity index is 432. The average Bonchev–Trinajstić information content (AvgIpc) is 2.27. The van der Waals surface area contributed by atoms with Crippen LogP contribution in [0.1, 0.15) is 27.7 Å². The molecule has 12 heteroatoms. The van der Waals surface area contributed by atoms with E-state index < -0.39 is 20.8 Å². The van der Waals surface area contributed by atoms with Crippen molar-refractivity contribution in [2.24, 2.45) is 16.9 Å². The van der Waals surface area contributed by atoms with Gasteiger partial charge in [0.15, 0.2) is 0 Å². The van der Waals surface area contributed by atoms with Crippen molar-refractivity contribution >= 4 is 20.8 Å². The maximum atomic E-state index is 9.33. The minimum absolute atomic E-state index is 0.0347. The summed E-state index contributed by atoms with van der Waals surface area (Å²) < 4.78 is 59.4. The molecule has 0 spiro atoms. The van der Waals surface area contributed by atoms with Crippen LogP contribution >= 0.6 is 0 Å². The van der Waals surface area contributed by atoms with Gasteiger partial charge >= 0.3 is 20.8 Å². The van der Waals surface area contributed by atoms with E-state index in [0.29, 0.717) is 6.54 Å². The van der Waals surface area contributed by atoms with E-state index in [4.69, 9.17) is 20.6 Å². The molecule has 0 radical (unpaired) electrons. The van der Waals surface area contributed by atoms with E-state index in [-0.39, 0.29) is 11.0 Å². The van der Waals surface area contributed by atoms with Crippen LogP contribution in [0.5, 0.6) is 0 Å². The molecule has 21 heavy (non-hydrogen) atoms. The first-order chi connectivity index (χ1) is 8.93. The molecule has 10 nitrogen and oxygen atoms in total. The summed E-state index contributed by atoms with van der Waals surface area (Å²) in [4.78, 5) is 0. The predicted molar refractivity (Wildman–Crippen MR) is 78.2 cm³/mol. The van der Waals surface area contributed by atoms with Gasteiger partial charge < -0.3 is 11.5 Å². The van der Waals surface area contributed by atoms with Crippen molar-refractivity contribution in [3.63, 3.8) is 0 Å². The summed E-state index contributed by atoms with van der Waals surface area (Å²) in [6.07, 6.45) is 0. The van der Waals surface area contributed by atoms with Gasteiger partial charge in [0.25, 0.3) is 0 Å².